The van der Waals surface area contributed by atoms with Crippen LogP contribution in [0.2, 0.25) is 0 Å². The van der Waals surface area contributed by atoms with Crippen LogP contribution in [0.25, 0.3) is 0 Å². The lowest BCUT2D eigenvalue weighted by atomic mass is 9.89. The number of ether oxygens (including phenoxy) is 8. The van der Waals surface area contributed by atoms with E-state index in [4.69, 9.17) is 61.2 Å². The maximum atomic E-state index is 9.33. The molecule has 0 spiro atoms. The molecule has 0 aromatic heterocycles. The first kappa shape index (κ1) is 41.4. The Morgan fingerprint density at radius 3 is 1.89 bits per heavy atom. The van der Waals surface area contributed by atoms with Gasteiger partial charge in [0.2, 0.25) is 0 Å². The Morgan fingerprint density at radius 2 is 1.41 bits per heavy atom. The molecule has 12 atom stereocenters. The van der Waals surface area contributed by atoms with Crippen LogP contribution in [0.5, 0.6) is 0 Å². The van der Waals surface area contributed by atoms with Crippen molar-refractivity contribution in [3.05, 3.63) is 24.3 Å². The monoisotopic (exact) mass is 781 g/mol. The summed E-state index contributed by atoms with van der Waals surface area (Å²) >= 11 is 7.45. The largest absolute Gasteiger partial charge is 0.371 e. The third-order valence-electron chi connectivity index (χ3n) is 8.20. The summed E-state index contributed by atoms with van der Waals surface area (Å²) in [6.07, 6.45) is 7.70. The molecule has 46 heavy (non-hydrogen) atoms. The van der Waals surface area contributed by atoms with E-state index >= 15 is 0 Å². The number of alkyl halides is 2. The first-order valence-corrected chi connectivity index (χ1v) is 17.9. The standard InChI is InChI=1S/C11H17IO3.C11H18O3.C9H14O3.C3H4ClN/c1-4-6-14-11-8(3)15-10(13-5-2)7-9(11)12;1-4-12-10-5-9-7(2)6-13-11(9)8(3)14-10;1-5-4-11-9-6(2)12-8(10)3-7(5)9;4-2-1-3-5/h1,8-11H,5-7H2,2-3H3;8-11H,2,4-6H2,1,3H3;6-10H,1,3-4H2,2H3;1-2H2. The molecule has 5 heterocycles. The van der Waals surface area contributed by atoms with Crippen LogP contribution < -0.4 is 0 Å². The fourth-order valence-electron chi connectivity index (χ4n) is 6.02. The van der Waals surface area contributed by atoms with Gasteiger partial charge < -0.3 is 43.0 Å². The molecule has 10 nitrogen and oxygen atoms in total. The van der Waals surface area contributed by atoms with E-state index in [2.05, 4.69) is 41.7 Å². The van der Waals surface area contributed by atoms with Crippen molar-refractivity contribution in [2.75, 3.05) is 38.9 Å². The maximum absolute atomic E-state index is 9.33. The van der Waals surface area contributed by atoms with E-state index in [-0.39, 0.29) is 49.2 Å². The van der Waals surface area contributed by atoms with Crippen LogP contribution >= 0.6 is 34.2 Å². The lowest BCUT2D eigenvalue weighted by molar-refractivity contribution is -0.224. The molecule has 262 valence electrons. The van der Waals surface area contributed by atoms with Crippen molar-refractivity contribution in [1.82, 2.24) is 0 Å². The highest BCUT2D eigenvalue weighted by atomic mass is 127. The van der Waals surface area contributed by atoms with Gasteiger partial charge in [-0.3, -0.25) is 0 Å². The number of nitrogens with zero attached hydrogens (tertiary/aromatic N) is 1. The number of halogens is 2. The summed E-state index contributed by atoms with van der Waals surface area (Å²) in [4.78, 5) is 0. The van der Waals surface area contributed by atoms with E-state index in [1.165, 1.54) is 5.57 Å². The summed E-state index contributed by atoms with van der Waals surface area (Å²) in [6, 6.07) is 1.89. The zero-order valence-corrected chi connectivity index (χ0v) is 30.8. The fourth-order valence-corrected chi connectivity index (χ4v) is 7.31. The van der Waals surface area contributed by atoms with Crippen LogP contribution in [0, 0.1) is 35.5 Å². The molecule has 1 N–H and O–H groups in total. The van der Waals surface area contributed by atoms with Gasteiger partial charge in [-0.15, -0.1) is 18.0 Å². The van der Waals surface area contributed by atoms with Gasteiger partial charge in [-0.2, -0.15) is 5.26 Å². The Labute approximate surface area is 294 Å². The molecule has 0 amide bonds. The van der Waals surface area contributed by atoms with Crippen LogP contribution in [0.3, 0.4) is 0 Å². The van der Waals surface area contributed by atoms with Gasteiger partial charge in [0, 0.05) is 60.5 Å². The summed E-state index contributed by atoms with van der Waals surface area (Å²) in [5.41, 5.74) is 2.28. The zero-order valence-electron chi connectivity index (χ0n) is 27.9. The second kappa shape index (κ2) is 22.0. The minimum Gasteiger partial charge on any atom is -0.371 e. The minimum atomic E-state index is -0.639. The number of aliphatic hydroxyl groups is 1. The highest BCUT2D eigenvalue weighted by Gasteiger charge is 2.43. The molecule has 5 rings (SSSR count). The van der Waals surface area contributed by atoms with Gasteiger partial charge >= 0.3 is 0 Å². The average Bonchev–Trinajstić information content (AvgIpc) is 3.57. The van der Waals surface area contributed by atoms with Gasteiger partial charge in [0.25, 0.3) is 0 Å². The number of hydrogen-bond donors (Lipinski definition) is 1. The van der Waals surface area contributed by atoms with E-state index in [1.54, 1.807) is 0 Å². The van der Waals surface area contributed by atoms with Crippen LogP contribution in [-0.2, 0) is 37.9 Å². The Hall–Kier alpha value is -0.810. The second-order valence-corrected chi connectivity index (χ2v) is 13.6. The minimum absolute atomic E-state index is 0.0157. The maximum Gasteiger partial charge on any atom is 0.159 e. The quantitative estimate of drug-likeness (QED) is 0.153. The van der Waals surface area contributed by atoms with Gasteiger partial charge in [-0.1, -0.05) is 41.7 Å². The van der Waals surface area contributed by atoms with Crippen LogP contribution in [0.15, 0.2) is 24.3 Å². The normalized spacial score (nSPS) is 37.9. The van der Waals surface area contributed by atoms with Crippen LogP contribution in [0.4, 0.5) is 0 Å². The lowest BCUT2D eigenvalue weighted by Crippen LogP contribution is -2.46. The van der Waals surface area contributed by atoms with Gasteiger partial charge in [0.05, 0.1) is 55.9 Å². The molecule has 0 saturated carbocycles. The molecule has 5 saturated heterocycles. The number of nitriles is 1. The summed E-state index contributed by atoms with van der Waals surface area (Å²) in [6.45, 7) is 20.9. The number of rotatable bonds is 7. The molecule has 0 aliphatic carbocycles. The predicted molar refractivity (Wildman–Crippen MR) is 184 cm³/mol. The molecule has 5 aliphatic rings. The van der Waals surface area contributed by atoms with Crippen LogP contribution in [-0.4, -0.2) is 103 Å². The number of fused-ring (bicyclic) bond motifs is 2. The van der Waals surface area contributed by atoms with E-state index < -0.39 is 6.29 Å². The second-order valence-electron chi connectivity index (χ2n) is 11.6. The van der Waals surface area contributed by atoms with E-state index in [9.17, 15) is 5.11 Å². The Kier molecular flexibility index (Phi) is 19.8. The molecule has 12 heteroatoms. The highest BCUT2D eigenvalue weighted by Crippen LogP contribution is 2.38. The fraction of sp³-hybridized carbons (Fsp3) is 0.794. The molecule has 0 aromatic rings. The summed E-state index contributed by atoms with van der Waals surface area (Å²) in [5, 5.41) is 17.1. The van der Waals surface area contributed by atoms with Crippen molar-refractivity contribution in [2.45, 2.75) is 120 Å². The van der Waals surface area contributed by atoms with Crippen molar-refractivity contribution in [3.8, 4) is 18.4 Å². The molecular formula is C34H53ClINO9. The summed E-state index contributed by atoms with van der Waals surface area (Å²) in [5.74, 6) is 3.66. The van der Waals surface area contributed by atoms with Gasteiger partial charge in [0.15, 0.2) is 18.9 Å². The van der Waals surface area contributed by atoms with Crippen molar-refractivity contribution < 1.29 is 43.0 Å². The van der Waals surface area contributed by atoms with Gasteiger partial charge in [-0.05, 0) is 45.8 Å². The Bertz CT molecular complexity index is 994. The number of aliphatic hydroxyl groups excluding tert-OH is 1. The Morgan fingerprint density at radius 1 is 0.891 bits per heavy atom. The molecule has 5 aliphatic heterocycles. The van der Waals surface area contributed by atoms with Crippen molar-refractivity contribution in [2.24, 2.45) is 11.8 Å². The number of terminal acetylenes is 1. The molecule has 0 aromatic carbocycles. The molecule has 5 fully saturated rings. The third kappa shape index (κ3) is 12.9. The first-order valence-electron chi connectivity index (χ1n) is 16.1. The number of hydrogen-bond acceptors (Lipinski definition) is 10. The van der Waals surface area contributed by atoms with Crippen molar-refractivity contribution in [1.29, 1.82) is 5.26 Å². The van der Waals surface area contributed by atoms with Crippen molar-refractivity contribution >= 4 is 34.2 Å². The lowest BCUT2D eigenvalue weighted by Gasteiger charge is -2.37. The van der Waals surface area contributed by atoms with Crippen LogP contribution in [0.1, 0.15) is 60.3 Å². The summed E-state index contributed by atoms with van der Waals surface area (Å²) < 4.78 is 44.6. The zero-order chi connectivity index (χ0) is 34.2. The SMILES string of the molecule is C#CCOC1C(I)CC(OCC)OC1C.C=C1COC2C(C)OC(O)CC12.C=C1COC2C(C)OC(OCC)CC12.N#CCCCl. The molecule has 12 unspecified atom stereocenters. The Balaban J connectivity index is 0.000000224. The smallest absolute Gasteiger partial charge is 0.159 e. The third-order valence-corrected chi connectivity index (χ3v) is 9.61. The van der Waals surface area contributed by atoms with E-state index in [1.807, 2.05) is 40.7 Å². The van der Waals surface area contributed by atoms with Gasteiger partial charge in [-0.25, -0.2) is 0 Å². The molecule has 0 bridgehead atoms. The molecule has 0 radical (unpaired) electrons. The highest BCUT2D eigenvalue weighted by molar-refractivity contribution is 14.1. The topological polar surface area (TPSA) is 118 Å². The first-order chi connectivity index (χ1) is 22.0. The van der Waals surface area contributed by atoms with Crippen molar-refractivity contribution in [3.63, 3.8) is 0 Å². The molecular weight excluding hydrogens is 729 g/mol. The average molecular weight is 782 g/mol. The van der Waals surface area contributed by atoms with E-state index in [0.29, 0.717) is 67.5 Å². The predicted octanol–water partition coefficient (Wildman–Crippen LogP) is 5.53. The summed E-state index contributed by atoms with van der Waals surface area (Å²) in [7, 11) is 0. The van der Waals surface area contributed by atoms with E-state index in [0.717, 1.165) is 18.4 Å². The van der Waals surface area contributed by atoms with Gasteiger partial charge in [0.1, 0.15) is 6.61 Å².